The molecular formula is C25H27N7O. The number of morpholine rings is 1. The number of anilines is 2. The van der Waals surface area contributed by atoms with E-state index in [1.807, 2.05) is 48.7 Å². The molecule has 8 heteroatoms. The van der Waals surface area contributed by atoms with Crippen LogP contribution in [0.5, 0.6) is 0 Å². The minimum absolute atomic E-state index is 0.261. The molecule has 0 unspecified atom stereocenters. The van der Waals surface area contributed by atoms with E-state index in [1.165, 1.54) is 0 Å². The lowest BCUT2D eigenvalue weighted by Gasteiger charge is -2.26. The number of ether oxygens (including phenoxy) is 1. The maximum Gasteiger partial charge on any atom is 0.220 e. The van der Waals surface area contributed by atoms with Crippen LogP contribution in [-0.2, 0) is 11.2 Å². The summed E-state index contributed by atoms with van der Waals surface area (Å²) >= 11 is 0. The number of nitrogens with two attached hydrogens (primary N) is 1. The molecule has 8 nitrogen and oxygen atoms in total. The van der Waals surface area contributed by atoms with E-state index in [-0.39, 0.29) is 5.95 Å². The maximum atomic E-state index is 5.96. The first-order valence-electron chi connectivity index (χ1n) is 11.2. The lowest BCUT2D eigenvalue weighted by atomic mass is 10.1. The van der Waals surface area contributed by atoms with Gasteiger partial charge in [0.1, 0.15) is 11.3 Å². The van der Waals surface area contributed by atoms with Crippen molar-refractivity contribution < 1.29 is 4.74 Å². The second-order valence-corrected chi connectivity index (χ2v) is 8.07. The molecule has 0 aliphatic carbocycles. The van der Waals surface area contributed by atoms with E-state index in [0.717, 1.165) is 78.8 Å². The standard InChI is InChI=1S/C25H27N7O/c26-25-30-21-8-7-20(29-24(21)22(31-25)16-18-4-2-1-3-5-18)19-6-9-23(28-17-19)27-10-11-32-12-14-33-15-13-32/h1-9,17H,10-16H2,(H,27,28)(H2,26,30,31). The van der Waals surface area contributed by atoms with Crippen LogP contribution in [0.1, 0.15) is 11.3 Å². The van der Waals surface area contributed by atoms with Gasteiger partial charge in [-0.2, -0.15) is 0 Å². The van der Waals surface area contributed by atoms with Gasteiger partial charge in [0.25, 0.3) is 0 Å². The zero-order valence-corrected chi connectivity index (χ0v) is 18.4. The zero-order chi connectivity index (χ0) is 22.5. The van der Waals surface area contributed by atoms with Crippen LogP contribution in [0.4, 0.5) is 11.8 Å². The topological polar surface area (TPSA) is 102 Å². The van der Waals surface area contributed by atoms with Crippen molar-refractivity contribution in [3.63, 3.8) is 0 Å². The van der Waals surface area contributed by atoms with Crippen LogP contribution in [0.2, 0.25) is 0 Å². The van der Waals surface area contributed by atoms with Gasteiger partial charge >= 0.3 is 0 Å². The third-order valence-electron chi connectivity index (χ3n) is 5.74. The first kappa shape index (κ1) is 21.2. The summed E-state index contributed by atoms with van der Waals surface area (Å²) in [5.74, 6) is 1.12. The molecule has 3 aromatic heterocycles. The highest BCUT2D eigenvalue weighted by molar-refractivity contribution is 5.81. The van der Waals surface area contributed by atoms with E-state index in [4.69, 9.17) is 15.5 Å². The molecule has 0 spiro atoms. The molecule has 168 valence electrons. The molecule has 1 aliphatic heterocycles. The van der Waals surface area contributed by atoms with E-state index in [9.17, 15) is 0 Å². The van der Waals surface area contributed by atoms with Crippen LogP contribution >= 0.6 is 0 Å². The first-order valence-corrected chi connectivity index (χ1v) is 11.2. The van der Waals surface area contributed by atoms with E-state index in [2.05, 4.69) is 37.3 Å². The summed E-state index contributed by atoms with van der Waals surface area (Å²) in [7, 11) is 0. The second-order valence-electron chi connectivity index (χ2n) is 8.07. The van der Waals surface area contributed by atoms with Crippen LogP contribution in [0.25, 0.3) is 22.3 Å². The fraction of sp³-hybridized carbons (Fsp3) is 0.280. The smallest absolute Gasteiger partial charge is 0.220 e. The molecule has 1 aromatic carbocycles. The van der Waals surface area contributed by atoms with E-state index < -0.39 is 0 Å². The minimum atomic E-state index is 0.261. The number of aromatic nitrogens is 4. The minimum Gasteiger partial charge on any atom is -0.379 e. The van der Waals surface area contributed by atoms with E-state index >= 15 is 0 Å². The molecule has 33 heavy (non-hydrogen) atoms. The lowest BCUT2D eigenvalue weighted by Crippen LogP contribution is -2.39. The van der Waals surface area contributed by atoms with Gasteiger partial charge < -0.3 is 15.8 Å². The lowest BCUT2D eigenvalue weighted by molar-refractivity contribution is 0.0398. The number of hydrogen-bond donors (Lipinski definition) is 2. The molecule has 0 radical (unpaired) electrons. The molecule has 1 saturated heterocycles. The zero-order valence-electron chi connectivity index (χ0n) is 18.4. The highest BCUT2D eigenvalue weighted by atomic mass is 16.5. The summed E-state index contributed by atoms with van der Waals surface area (Å²) in [6.45, 7) is 5.44. The summed E-state index contributed by atoms with van der Waals surface area (Å²) in [5.41, 5.74) is 11.2. The third-order valence-corrected chi connectivity index (χ3v) is 5.74. The molecule has 1 aliphatic rings. The van der Waals surface area contributed by atoms with Gasteiger partial charge in [0.05, 0.1) is 30.1 Å². The van der Waals surface area contributed by atoms with Crippen molar-refractivity contribution in [2.75, 3.05) is 50.4 Å². The SMILES string of the molecule is Nc1nc(Cc2ccccc2)c2nc(-c3ccc(NCCN4CCOCC4)nc3)ccc2n1. The van der Waals surface area contributed by atoms with Crippen molar-refractivity contribution in [2.24, 2.45) is 0 Å². The Labute approximate surface area is 192 Å². The molecule has 5 rings (SSSR count). The van der Waals surface area contributed by atoms with Gasteiger partial charge in [0.15, 0.2) is 0 Å². The Morgan fingerprint density at radius 2 is 1.79 bits per heavy atom. The number of nitrogen functional groups attached to an aromatic ring is 1. The Morgan fingerprint density at radius 1 is 0.939 bits per heavy atom. The average molecular weight is 442 g/mol. The molecule has 0 amide bonds. The fourth-order valence-corrected chi connectivity index (χ4v) is 3.98. The number of nitrogens with one attached hydrogen (secondary N) is 1. The molecular weight excluding hydrogens is 414 g/mol. The van der Waals surface area contributed by atoms with Crippen molar-refractivity contribution in [1.29, 1.82) is 0 Å². The van der Waals surface area contributed by atoms with Crippen LogP contribution in [0.3, 0.4) is 0 Å². The predicted octanol–water partition coefficient (Wildman–Crippen LogP) is 3.00. The largest absolute Gasteiger partial charge is 0.379 e. The highest BCUT2D eigenvalue weighted by Gasteiger charge is 2.12. The Hall–Kier alpha value is -3.62. The summed E-state index contributed by atoms with van der Waals surface area (Å²) in [6, 6.07) is 18.1. The Morgan fingerprint density at radius 3 is 2.58 bits per heavy atom. The van der Waals surface area contributed by atoms with Gasteiger partial charge in [-0.1, -0.05) is 30.3 Å². The van der Waals surface area contributed by atoms with Gasteiger partial charge in [0, 0.05) is 44.4 Å². The second kappa shape index (κ2) is 9.89. The molecule has 0 bridgehead atoms. The average Bonchev–Trinajstić information content (AvgIpc) is 2.86. The molecule has 4 heterocycles. The first-order chi connectivity index (χ1) is 16.2. The van der Waals surface area contributed by atoms with E-state index in [1.54, 1.807) is 0 Å². The van der Waals surface area contributed by atoms with Crippen molar-refractivity contribution in [3.05, 3.63) is 72.1 Å². The monoisotopic (exact) mass is 441 g/mol. The molecule has 3 N–H and O–H groups in total. The molecule has 4 aromatic rings. The molecule has 0 atom stereocenters. The highest BCUT2D eigenvalue weighted by Crippen LogP contribution is 2.24. The van der Waals surface area contributed by atoms with Crippen molar-refractivity contribution >= 4 is 22.8 Å². The fourth-order valence-electron chi connectivity index (χ4n) is 3.98. The number of nitrogens with zero attached hydrogens (tertiary/aromatic N) is 5. The van der Waals surface area contributed by atoms with Crippen molar-refractivity contribution in [2.45, 2.75) is 6.42 Å². The number of rotatable bonds is 7. The van der Waals surface area contributed by atoms with Gasteiger partial charge in [-0.3, -0.25) is 4.90 Å². The van der Waals surface area contributed by atoms with Gasteiger partial charge in [-0.25, -0.2) is 19.9 Å². The third kappa shape index (κ3) is 5.24. The molecule has 1 fully saturated rings. The predicted molar refractivity (Wildman–Crippen MR) is 130 cm³/mol. The Kier molecular flexibility index (Phi) is 6.37. The van der Waals surface area contributed by atoms with Crippen LogP contribution in [0.15, 0.2) is 60.8 Å². The maximum absolute atomic E-state index is 5.96. The number of pyridine rings is 2. The van der Waals surface area contributed by atoms with Crippen molar-refractivity contribution in [1.82, 2.24) is 24.8 Å². The number of benzene rings is 1. The Balaban J connectivity index is 1.32. The van der Waals surface area contributed by atoms with Crippen LogP contribution in [0, 0.1) is 0 Å². The van der Waals surface area contributed by atoms with Crippen molar-refractivity contribution in [3.8, 4) is 11.3 Å². The number of hydrogen-bond acceptors (Lipinski definition) is 8. The summed E-state index contributed by atoms with van der Waals surface area (Å²) in [5, 5.41) is 3.40. The van der Waals surface area contributed by atoms with Crippen LogP contribution < -0.4 is 11.1 Å². The summed E-state index contributed by atoms with van der Waals surface area (Å²) in [4.78, 5) is 20.7. The van der Waals surface area contributed by atoms with Gasteiger partial charge in [0.2, 0.25) is 5.95 Å². The number of fused-ring (bicyclic) bond motifs is 1. The molecule has 0 saturated carbocycles. The normalized spacial score (nSPS) is 14.4. The quantitative estimate of drug-likeness (QED) is 0.451. The summed E-state index contributed by atoms with van der Waals surface area (Å²) in [6.07, 6.45) is 2.49. The summed E-state index contributed by atoms with van der Waals surface area (Å²) < 4.78 is 5.39. The van der Waals surface area contributed by atoms with Crippen LogP contribution in [-0.4, -0.2) is 64.2 Å². The Bertz CT molecular complexity index is 1210. The van der Waals surface area contributed by atoms with Gasteiger partial charge in [-0.05, 0) is 29.8 Å². The van der Waals surface area contributed by atoms with E-state index in [0.29, 0.717) is 6.42 Å². The van der Waals surface area contributed by atoms with Gasteiger partial charge in [-0.15, -0.1) is 0 Å².